The minimum Gasteiger partial charge on any atom is -0.388 e. The smallest absolute Gasteiger partial charge is 0.388 e. The summed E-state index contributed by atoms with van der Waals surface area (Å²) in [5.41, 5.74) is 2.01. The van der Waals surface area contributed by atoms with E-state index in [1.54, 1.807) is 5.06 Å². The highest BCUT2D eigenvalue weighted by molar-refractivity contribution is 6.30. The Kier molecular flexibility index (Phi) is 5.19. The van der Waals surface area contributed by atoms with Crippen molar-refractivity contribution in [2.45, 2.75) is 24.9 Å². The average Bonchev–Trinajstić information content (AvgIpc) is 3.10. The molecule has 2 aromatic rings. The van der Waals surface area contributed by atoms with E-state index < -0.39 is 6.09 Å². The van der Waals surface area contributed by atoms with E-state index in [-0.39, 0.29) is 11.4 Å². The minimum absolute atomic E-state index is 0.359. The fourth-order valence-corrected chi connectivity index (χ4v) is 3.49. The van der Waals surface area contributed by atoms with E-state index >= 15 is 0 Å². The lowest BCUT2D eigenvalue weighted by atomic mass is 9.86. The van der Waals surface area contributed by atoms with Gasteiger partial charge in [0, 0.05) is 43.1 Å². The fraction of sp³-hybridized carbons (Fsp3) is 0.300. The molecule has 1 amide bonds. The molecule has 2 aliphatic heterocycles. The number of halogens is 2. The molecule has 146 valence electrons. The minimum atomic E-state index is -0.604. The van der Waals surface area contributed by atoms with Crippen molar-refractivity contribution in [1.29, 1.82) is 0 Å². The first-order valence-corrected chi connectivity index (χ1v) is 9.40. The van der Waals surface area contributed by atoms with Gasteiger partial charge in [-0.2, -0.15) is 0 Å². The fourth-order valence-electron chi connectivity index (χ4n) is 3.36. The molecule has 0 saturated carbocycles. The van der Waals surface area contributed by atoms with E-state index in [1.807, 2.05) is 24.3 Å². The summed E-state index contributed by atoms with van der Waals surface area (Å²) in [6.07, 6.45) is 1.49. The van der Waals surface area contributed by atoms with Gasteiger partial charge in [0.15, 0.2) is 0 Å². The Balaban J connectivity index is 1.27. The summed E-state index contributed by atoms with van der Waals surface area (Å²) in [6, 6.07) is 13.0. The Morgan fingerprint density at radius 1 is 1.14 bits per heavy atom. The maximum absolute atomic E-state index is 12.9. The van der Waals surface area contributed by atoms with Crippen molar-refractivity contribution in [3.05, 3.63) is 64.9 Å². The van der Waals surface area contributed by atoms with E-state index in [4.69, 9.17) is 21.3 Å². The van der Waals surface area contributed by atoms with Gasteiger partial charge in [-0.3, -0.25) is 5.32 Å². The third-order valence-electron chi connectivity index (χ3n) is 4.95. The number of hydroxylamine groups is 2. The normalized spacial score (nSPS) is 18.4. The summed E-state index contributed by atoms with van der Waals surface area (Å²) >= 11 is 5.94. The second-order valence-electron chi connectivity index (χ2n) is 6.94. The van der Waals surface area contributed by atoms with Crippen LogP contribution in [0, 0.1) is 5.82 Å². The van der Waals surface area contributed by atoms with Gasteiger partial charge in [-0.25, -0.2) is 9.18 Å². The van der Waals surface area contributed by atoms with Crippen LogP contribution < -0.4 is 5.32 Å². The van der Waals surface area contributed by atoms with Crippen LogP contribution in [0.1, 0.15) is 24.8 Å². The van der Waals surface area contributed by atoms with Crippen molar-refractivity contribution in [1.82, 2.24) is 5.06 Å². The molecule has 6 nitrogen and oxygen atoms in total. The maximum atomic E-state index is 12.9. The molecule has 1 saturated heterocycles. The summed E-state index contributed by atoms with van der Waals surface area (Å²) in [5, 5.41) is 9.13. The lowest BCUT2D eigenvalue weighted by molar-refractivity contribution is -0.154. The first kappa shape index (κ1) is 18.7. The maximum Gasteiger partial charge on any atom is 0.430 e. The monoisotopic (exact) mass is 403 g/mol. The number of hydrogen-bond acceptors (Lipinski definition) is 5. The summed E-state index contributed by atoms with van der Waals surface area (Å²) in [7, 11) is 0. The second-order valence-corrected chi connectivity index (χ2v) is 7.37. The molecule has 1 N–H and O–H groups in total. The van der Waals surface area contributed by atoms with Gasteiger partial charge in [0.05, 0.1) is 5.71 Å². The number of anilines is 1. The molecule has 0 radical (unpaired) electrons. The number of nitrogens with one attached hydrogen (secondary N) is 1. The summed E-state index contributed by atoms with van der Waals surface area (Å²) < 4.78 is 12.9. The number of carbonyl (C=O) groups excluding carboxylic acids is 1. The molecule has 0 unspecified atom stereocenters. The molecule has 0 bridgehead atoms. The molecular formula is C20H19ClFN3O3. The van der Waals surface area contributed by atoms with Crippen molar-refractivity contribution in [2.24, 2.45) is 5.16 Å². The van der Waals surface area contributed by atoms with Crippen molar-refractivity contribution in [2.75, 3.05) is 18.4 Å². The quantitative estimate of drug-likeness (QED) is 0.813. The van der Waals surface area contributed by atoms with E-state index in [1.165, 1.54) is 24.3 Å². The highest BCUT2D eigenvalue weighted by Crippen LogP contribution is 2.36. The van der Waals surface area contributed by atoms with Crippen LogP contribution in [0.5, 0.6) is 0 Å². The van der Waals surface area contributed by atoms with Crippen LogP contribution in [0.3, 0.4) is 0 Å². The number of benzene rings is 2. The number of carbonyl (C=O) groups is 1. The van der Waals surface area contributed by atoms with Crippen molar-refractivity contribution in [3.8, 4) is 0 Å². The molecular weight excluding hydrogens is 385 g/mol. The first-order chi connectivity index (χ1) is 13.5. The number of rotatable bonds is 3. The Labute approximate surface area is 166 Å². The summed E-state index contributed by atoms with van der Waals surface area (Å²) in [6.45, 7) is 1.08. The van der Waals surface area contributed by atoms with Crippen molar-refractivity contribution in [3.63, 3.8) is 0 Å². The molecule has 8 heteroatoms. The molecule has 28 heavy (non-hydrogen) atoms. The largest absolute Gasteiger partial charge is 0.430 e. The zero-order valence-corrected chi connectivity index (χ0v) is 15.8. The number of amides is 1. The highest BCUT2D eigenvalue weighted by Gasteiger charge is 2.43. The van der Waals surface area contributed by atoms with Crippen LogP contribution in [-0.4, -0.2) is 35.6 Å². The number of hydrogen-bond donors (Lipinski definition) is 1. The highest BCUT2D eigenvalue weighted by atomic mass is 35.5. The standard InChI is InChI=1S/C20H19ClFN3O3/c21-15-3-1-14(2-4-15)18-13-20(28-24-18)9-11-25(12-10-20)27-19(26)23-17-7-5-16(22)6-8-17/h1-8H,9-13H2,(H,23,26). The van der Waals surface area contributed by atoms with Gasteiger partial charge in [-0.05, 0) is 42.0 Å². The van der Waals surface area contributed by atoms with Gasteiger partial charge < -0.3 is 9.68 Å². The zero-order chi connectivity index (χ0) is 19.6. The molecule has 4 rings (SSSR count). The van der Waals surface area contributed by atoms with Gasteiger partial charge in [0.1, 0.15) is 11.4 Å². The van der Waals surface area contributed by atoms with E-state index in [2.05, 4.69) is 10.5 Å². The van der Waals surface area contributed by atoms with Gasteiger partial charge in [0.25, 0.3) is 0 Å². The van der Waals surface area contributed by atoms with Gasteiger partial charge in [-0.1, -0.05) is 28.9 Å². The van der Waals surface area contributed by atoms with Crippen LogP contribution in [0.4, 0.5) is 14.9 Å². The number of nitrogens with zero attached hydrogens (tertiary/aromatic N) is 2. The van der Waals surface area contributed by atoms with Crippen LogP contribution in [0.15, 0.2) is 53.7 Å². The second kappa shape index (κ2) is 7.77. The van der Waals surface area contributed by atoms with Crippen molar-refractivity contribution >= 4 is 29.1 Å². The predicted octanol–water partition coefficient (Wildman–Crippen LogP) is 4.60. The van der Waals surface area contributed by atoms with Gasteiger partial charge in [0.2, 0.25) is 0 Å². The SMILES string of the molecule is O=C(Nc1ccc(F)cc1)ON1CCC2(CC1)CC(c1ccc(Cl)cc1)=NO2. The predicted molar refractivity (Wildman–Crippen MR) is 104 cm³/mol. The zero-order valence-electron chi connectivity index (χ0n) is 15.0. The van der Waals surface area contributed by atoms with E-state index in [0.717, 1.165) is 11.3 Å². The molecule has 1 fully saturated rings. The number of oxime groups is 1. The molecule has 0 aliphatic carbocycles. The van der Waals surface area contributed by atoms with Crippen molar-refractivity contribution < 1.29 is 18.9 Å². The third kappa shape index (κ3) is 4.26. The molecule has 0 atom stereocenters. The lowest BCUT2D eigenvalue weighted by Gasteiger charge is -2.35. The van der Waals surface area contributed by atoms with E-state index in [0.29, 0.717) is 43.1 Å². The topological polar surface area (TPSA) is 63.2 Å². The third-order valence-corrected chi connectivity index (χ3v) is 5.20. The summed E-state index contributed by atoms with van der Waals surface area (Å²) in [5.74, 6) is -0.364. The van der Waals surface area contributed by atoms with Crippen LogP contribution in [-0.2, 0) is 9.68 Å². The Bertz CT molecular complexity index is 879. The number of piperidine rings is 1. The molecule has 2 aromatic carbocycles. The Hall–Kier alpha value is -2.64. The van der Waals surface area contributed by atoms with Crippen LogP contribution >= 0.6 is 11.6 Å². The molecule has 0 aromatic heterocycles. The average molecular weight is 404 g/mol. The van der Waals surface area contributed by atoms with Crippen LogP contribution in [0.2, 0.25) is 5.02 Å². The Morgan fingerprint density at radius 2 is 1.82 bits per heavy atom. The van der Waals surface area contributed by atoms with Gasteiger partial charge in [-0.15, -0.1) is 5.06 Å². The summed E-state index contributed by atoms with van der Waals surface area (Å²) in [4.78, 5) is 23.1. The molecule has 2 aliphatic rings. The first-order valence-electron chi connectivity index (χ1n) is 9.02. The van der Waals surface area contributed by atoms with E-state index in [9.17, 15) is 9.18 Å². The molecule has 2 heterocycles. The Morgan fingerprint density at radius 3 is 2.50 bits per heavy atom. The van der Waals surface area contributed by atoms with Crippen LogP contribution in [0.25, 0.3) is 0 Å². The molecule has 1 spiro atoms. The lowest BCUT2D eigenvalue weighted by Crippen LogP contribution is -2.45. The van der Waals surface area contributed by atoms with Gasteiger partial charge >= 0.3 is 6.09 Å².